The van der Waals surface area contributed by atoms with Gasteiger partial charge in [-0.15, -0.1) is 0 Å². The van der Waals surface area contributed by atoms with Gasteiger partial charge in [-0.2, -0.15) is 0 Å². The van der Waals surface area contributed by atoms with Crippen molar-refractivity contribution in [2.45, 2.75) is 6.92 Å². The number of hydrogen-bond acceptors (Lipinski definition) is 4. The Hall–Kier alpha value is -3.15. The second kappa shape index (κ2) is 4.95. The van der Waals surface area contributed by atoms with Crippen LogP contribution in [0.25, 0.3) is 27.5 Å². The number of rotatable bonds is 2. The standard InChI is InChI=1S/C17H14N4O2/c1-10-7-13-15(9-18-10)19-8-14-16(13)20-21(17(14)22)11-3-5-12(23-2)6-4-11/h3-9,20H,1-2H3. The summed E-state index contributed by atoms with van der Waals surface area (Å²) in [5.41, 5.74) is 3.01. The van der Waals surface area contributed by atoms with Crippen molar-refractivity contribution < 1.29 is 4.74 Å². The van der Waals surface area contributed by atoms with Gasteiger partial charge in [-0.1, -0.05) is 0 Å². The summed E-state index contributed by atoms with van der Waals surface area (Å²) in [5, 5.41) is 4.63. The van der Waals surface area contributed by atoms with Crippen LogP contribution in [0.2, 0.25) is 0 Å². The third kappa shape index (κ3) is 2.07. The van der Waals surface area contributed by atoms with Crippen molar-refractivity contribution >= 4 is 21.8 Å². The molecule has 3 aromatic heterocycles. The molecule has 0 aliphatic carbocycles. The minimum absolute atomic E-state index is 0.131. The van der Waals surface area contributed by atoms with Crippen molar-refractivity contribution in [3.8, 4) is 11.4 Å². The molecule has 1 aromatic carbocycles. The van der Waals surface area contributed by atoms with E-state index in [9.17, 15) is 4.79 Å². The largest absolute Gasteiger partial charge is 0.497 e. The van der Waals surface area contributed by atoms with Gasteiger partial charge in [0, 0.05) is 17.3 Å². The van der Waals surface area contributed by atoms with Gasteiger partial charge in [0.05, 0.1) is 35.4 Å². The molecule has 0 unspecified atom stereocenters. The summed E-state index contributed by atoms with van der Waals surface area (Å²) in [5.74, 6) is 0.742. The van der Waals surface area contributed by atoms with E-state index in [0.717, 1.165) is 33.6 Å². The van der Waals surface area contributed by atoms with Gasteiger partial charge in [-0.25, -0.2) is 4.68 Å². The van der Waals surface area contributed by atoms with Gasteiger partial charge in [0.1, 0.15) is 5.75 Å². The molecule has 0 atom stereocenters. The van der Waals surface area contributed by atoms with Gasteiger partial charge in [-0.3, -0.25) is 19.9 Å². The number of H-pyrrole nitrogens is 1. The zero-order valence-electron chi connectivity index (χ0n) is 12.7. The first kappa shape index (κ1) is 13.5. The highest BCUT2D eigenvalue weighted by molar-refractivity contribution is 6.02. The van der Waals surface area contributed by atoms with E-state index in [1.54, 1.807) is 19.5 Å². The number of aryl methyl sites for hydroxylation is 1. The summed E-state index contributed by atoms with van der Waals surface area (Å²) in [7, 11) is 1.61. The fraction of sp³-hybridized carbons (Fsp3) is 0.118. The topological polar surface area (TPSA) is 72.8 Å². The highest BCUT2D eigenvalue weighted by Gasteiger charge is 2.12. The number of aromatic amines is 1. The summed E-state index contributed by atoms with van der Waals surface area (Å²) in [6.45, 7) is 1.91. The highest BCUT2D eigenvalue weighted by Crippen LogP contribution is 2.21. The Labute approximate surface area is 131 Å². The molecule has 0 saturated carbocycles. The first-order chi connectivity index (χ1) is 11.2. The molecule has 6 heteroatoms. The number of nitrogens with zero attached hydrogens (tertiary/aromatic N) is 3. The molecular formula is C17H14N4O2. The normalized spacial score (nSPS) is 11.2. The van der Waals surface area contributed by atoms with E-state index in [1.807, 2.05) is 37.3 Å². The fourth-order valence-electron chi connectivity index (χ4n) is 2.68. The van der Waals surface area contributed by atoms with E-state index in [2.05, 4.69) is 15.1 Å². The Morgan fingerprint density at radius 2 is 1.87 bits per heavy atom. The Balaban J connectivity index is 2.01. The monoisotopic (exact) mass is 306 g/mol. The fourth-order valence-corrected chi connectivity index (χ4v) is 2.68. The maximum atomic E-state index is 12.7. The second-order valence-electron chi connectivity index (χ2n) is 5.34. The third-order valence-corrected chi connectivity index (χ3v) is 3.88. The first-order valence-electron chi connectivity index (χ1n) is 7.18. The number of methoxy groups -OCH3 is 1. The minimum atomic E-state index is -0.131. The summed E-state index contributed by atoms with van der Waals surface area (Å²) in [6, 6.07) is 9.23. The lowest BCUT2D eigenvalue weighted by Gasteiger charge is -2.03. The Morgan fingerprint density at radius 1 is 1.09 bits per heavy atom. The van der Waals surface area contributed by atoms with Gasteiger partial charge < -0.3 is 4.74 Å². The summed E-state index contributed by atoms with van der Waals surface area (Å²) in [4.78, 5) is 21.2. The smallest absolute Gasteiger partial charge is 0.280 e. The van der Waals surface area contributed by atoms with Crippen LogP contribution < -0.4 is 10.3 Å². The Morgan fingerprint density at radius 3 is 2.61 bits per heavy atom. The predicted molar refractivity (Wildman–Crippen MR) is 88.3 cm³/mol. The molecule has 114 valence electrons. The highest BCUT2D eigenvalue weighted by atomic mass is 16.5. The predicted octanol–water partition coefficient (Wildman–Crippen LogP) is 2.58. The van der Waals surface area contributed by atoms with E-state index in [1.165, 1.54) is 4.68 Å². The number of nitrogens with one attached hydrogen (secondary N) is 1. The van der Waals surface area contributed by atoms with Crippen molar-refractivity contribution in [2.75, 3.05) is 7.11 Å². The summed E-state index contributed by atoms with van der Waals surface area (Å²) >= 11 is 0. The number of ether oxygens (including phenoxy) is 1. The van der Waals surface area contributed by atoms with E-state index < -0.39 is 0 Å². The van der Waals surface area contributed by atoms with E-state index >= 15 is 0 Å². The molecular weight excluding hydrogens is 292 g/mol. The Bertz CT molecular complexity index is 1080. The lowest BCUT2D eigenvalue weighted by molar-refractivity contribution is 0.414. The second-order valence-corrected chi connectivity index (χ2v) is 5.34. The molecule has 0 spiro atoms. The van der Waals surface area contributed by atoms with Gasteiger partial charge >= 0.3 is 0 Å². The maximum absolute atomic E-state index is 12.7. The van der Waals surface area contributed by atoms with Crippen LogP contribution in [0.5, 0.6) is 5.75 Å². The van der Waals surface area contributed by atoms with Crippen LogP contribution in [0.1, 0.15) is 5.69 Å². The molecule has 0 amide bonds. The van der Waals surface area contributed by atoms with Crippen LogP contribution in [0.3, 0.4) is 0 Å². The van der Waals surface area contributed by atoms with Crippen molar-refractivity contribution in [3.05, 3.63) is 58.8 Å². The lowest BCUT2D eigenvalue weighted by Crippen LogP contribution is -2.14. The molecule has 6 nitrogen and oxygen atoms in total. The van der Waals surface area contributed by atoms with Crippen LogP contribution in [-0.2, 0) is 0 Å². The first-order valence-corrected chi connectivity index (χ1v) is 7.18. The SMILES string of the molecule is COc1ccc(-n2[nH]c3c(cnc4cnc(C)cc43)c2=O)cc1. The van der Waals surface area contributed by atoms with E-state index in [-0.39, 0.29) is 5.56 Å². The van der Waals surface area contributed by atoms with Gasteiger partial charge in [-0.05, 0) is 37.3 Å². The molecule has 0 bridgehead atoms. The molecule has 0 aliphatic rings. The molecule has 0 aliphatic heterocycles. The van der Waals surface area contributed by atoms with Crippen molar-refractivity contribution in [1.29, 1.82) is 0 Å². The number of hydrogen-bond donors (Lipinski definition) is 1. The number of pyridine rings is 2. The van der Waals surface area contributed by atoms with Crippen LogP contribution in [0, 0.1) is 6.92 Å². The van der Waals surface area contributed by atoms with Crippen LogP contribution >= 0.6 is 0 Å². The zero-order valence-corrected chi connectivity index (χ0v) is 12.7. The third-order valence-electron chi connectivity index (χ3n) is 3.88. The molecule has 3 heterocycles. The molecule has 23 heavy (non-hydrogen) atoms. The quantitative estimate of drug-likeness (QED) is 0.618. The lowest BCUT2D eigenvalue weighted by atomic mass is 10.2. The zero-order chi connectivity index (χ0) is 16.0. The maximum Gasteiger partial charge on any atom is 0.280 e. The van der Waals surface area contributed by atoms with Crippen molar-refractivity contribution in [2.24, 2.45) is 0 Å². The van der Waals surface area contributed by atoms with Gasteiger partial charge in [0.2, 0.25) is 0 Å². The number of benzene rings is 1. The minimum Gasteiger partial charge on any atom is -0.497 e. The van der Waals surface area contributed by atoms with Crippen LogP contribution in [0.15, 0.2) is 47.5 Å². The van der Waals surface area contributed by atoms with Crippen LogP contribution in [0.4, 0.5) is 0 Å². The Kier molecular flexibility index (Phi) is 2.90. The molecule has 4 rings (SSSR count). The number of aromatic nitrogens is 4. The average molecular weight is 306 g/mol. The number of fused-ring (bicyclic) bond motifs is 3. The van der Waals surface area contributed by atoms with E-state index in [0.29, 0.717) is 5.39 Å². The molecule has 0 fully saturated rings. The summed E-state index contributed by atoms with van der Waals surface area (Å²) < 4.78 is 6.67. The van der Waals surface area contributed by atoms with Crippen molar-refractivity contribution in [1.82, 2.24) is 19.7 Å². The average Bonchev–Trinajstić information content (AvgIpc) is 2.92. The molecule has 0 saturated heterocycles. The molecule has 0 radical (unpaired) electrons. The molecule has 1 N–H and O–H groups in total. The van der Waals surface area contributed by atoms with E-state index in [4.69, 9.17) is 4.74 Å². The summed E-state index contributed by atoms with van der Waals surface area (Å²) in [6.07, 6.45) is 3.31. The van der Waals surface area contributed by atoms with Gasteiger partial charge in [0.15, 0.2) is 0 Å². The van der Waals surface area contributed by atoms with Crippen LogP contribution in [-0.4, -0.2) is 26.9 Å². The van der Waals surface area contributed by atoms with Crippen molar-refractivity contribution in [3.63, 3.8) is 0 Å². The van der Waals surface area contributed by atoms with Gasteiger partial charge in [0.25, 0.3) is 5.56 Å². The molecule has 4 aromatic rings.